The third kappa shape index (κ3) is 1.61. The number of aromatic nitrogens is 2. The quantitative estimate of drug-likeness (QED) is 0.809. The Morgan fingerprint density at radius 2 is 1.93 bits per heavy atom. The number of hydrogen-bond donors (Lipinski definition) is 1. The molecule has 1 aromatic carbocycles. The average Bonchev–Trinajstić information content (AvgIpc) is 2.57. The lowest BCUT2D eigenvalue weighted by molar-refractivity contribution is 0.935. The van der Waals surface area contributed by atoms with Crippen molar-refractivity contribution in [1.29, 1.82) is 0 Å². The monoisotopic (exact) mass is 201 g/mol. The molecule has 3 nitrogen and oxygen atoms in total. The van der Waals surface area contributed by atoms with Crippen molar-refractivity contribution in [2.75, 3.05) is 5.73 Å². The molecule has 2 aromatic rings. The molecule has 2 rings (SSSR count). The molecule has 0 saturated heterocycles. The summed E-state index contributed by atoms with van der Waals surface area (Å²) in [5.41, 5.74) is 8.02. The first-order chi connectivity index (χ1) is 7.24. The Morgan fingerprint density at radius 3 is 2.47 bits per heavy atom. The number of nitrogen functional groups attached to an aromatic ring is 1. The Labute approximate surface area is 89.6 Å². The molecule has 0 aliphatic heterocycles. The smallest absolute Gasteiger partial charge is 0.141 e. The highest BCUT2D eigenvalue weighted by molar-refractivity contribution is 5.60. The molecular formula is C12H15N3. The predicted molar refractivity (Wildman–Crippen MR) is 62.4 cm³/mol. The SMILES string of the molecule is CCc1nc(-c2ccccc2)n(C)c1N. The van der Waals surface area contributed by atoms with Crippen molar-refractivity contribution < 1.29 is 0 Å². The maximum Gasteiger partial charge on any atom is 0.141 e. The van der Waals surface area contributed by atoms with Gasteiger partial charge in [0.2, 0.25) is 0 Å². The first-order valence-corrected chi connectivity index (χ1v) is 5.10. The zero-order valence-electron chi connectivity index (χ0n) is 9.07. The van der Waals surface area contributed by atoms with Crippen molar-refractivity contribution in [1.82, 2.24) is 9.55 Å². The van der Waals surface area contributed by atoms with Gasteiger partial charge in [-0.15, -0.1) is 0 Å². The van der Waals surface area contributed by atoms with Gasteiger partial charge in [0.1, 0.15) is 11.6 Å². The van der Waals surface area contributed by atoms with E-state index in [1.807, 2.05) is 41.9 Å². The Hall–Kier alpha value is -1.77. The molecule has 78 valence electrons. The van der Waals surface area contributed by atoms with Gasteiger partial charge in [0, 0.05) is 12.6 Å². The number of hydrogen-bond acceptors (Lipinski definition) is 2. The highest BCUT2D eigenvalue weighted by Gasteiger charge is 2.11. The van der Waals surface area contributed by atoms with Crippen molar-refractivity contribution in [2.24, 2.45) is 7.05 Å². The maximum absolute atomic E-state index is 5.95. The summed E-state index contributed by atoms with van der Waals surface area (Å²) < 4.78 is 1.94. The molecule has 2 N–H and O–H groups in total. The normalized spacial score (nSPS) is 10.5. The molecule has 0 unspecified atom stereocenters. The van der Waals surface area contributed by atoms with E-state index < -0.39 is 0 Å². The van der Waals surface area contributed by atoms with Crippen LogP contribution in [0, 0.1) is 0 Å². The van der Waals surface area contributed by atoms with Crippen LogP contribution in [0.1, 0.15) is 12.6 Å². The number of anilines is 1. The summed E-state index contributed by atoms with van der Waals surface area (Å²) in [6.07, 6.45) is 0.868. The van der Waals surface area contributed by atoms with Crippen molar-refractivity contribution in [2.45, 2.75) is 13.3 Å². The Balaban J connectivity index is 2.55. The number of benzene rings is 1. The molecule has 15 heavy (non-hydrogen) atoms. The van der Waals surface area contributed by atoms with Crippen LogP contribution in [0.15, 0.2) is 30.3 Å². The highest BCUT2D eigenvalue weighted by atomic mass is 15.1. The predicted octanol–water partition coefficient (Wildman–Crippen LogP) is 2.23. The molecule has 0 aliphatic carbocycles. The van der Waals surface area contributed by atoms with E-state index in [1.165, 1.54) is 0 Å². The number of nitrogens with zero attached hydrogens (tertiary/aromatic N) is 2. The van der Waals surface area contributed by atoms with Crippen LogP contribution < -0.4 is 5.73 Å². The lowest BCUT2D eigenvalue weighted by Gasteiger charge is -2.01. The number of aryl methyl sites for hydroxylation is 1. The van der Waals surface area contributed by atoms with Gasteiger partial charge < -0.3 is 10.3 Å². The fourth-order valence-electron chi connectivity index (χ4n) is 1.67. The van der Waals surface area contributed by atoms with Gasteiger partial charge in [-0.05, 0) is 6.42 Å². The molecule has 0 aliphatic rings. The largest absolute Gasteiger partial charge is 0.384 e. The van der Waals surface area contributed by atoms with E-state index in [4.69, 9.17) is 5.73 Å². The van der Waals surface area contributed by atoms with Gasteiger partial charge in [-0.2, -0.15) is 0 Å². The minimum atomic E-state index is 0.761. The molecule has 3 heteroatoms. The van der Waals surface area contributed by atoms with Gasteiger partial charge >= 0.3 is 0 Å². The van der Waals surface area contributed by atoms with Gasteiger partial charge in [0.15, 0.2) is 0 Å². The van der Waals surface area contributed by atoms with Gasteiger partial charge in [-0.25, -0.2) is 4.98 Å². The van der Waals surface area contributed by atoms with Gasteiger partial charge in [0.05, 0.1) is 5.69 Å². The van der Waals surface area contributed by atoms with Crippen LogP contribution in [0.3, 0.4) is 0 Å². The number of rotatable bonds is 2. The molecule has 0 atom stereocenters. The molecule has 0 spiro atoms. The molecule has 0 saturated carbocycles. The molecule has 0 fully saturated rings. The molecule has 1 heterocycles. The van der Waals surface area contributed by atoms with E-state index in [-0.39, 0.29) is 0 Å². The van der Waals surface area contributed by atoms with Crippen molar-refractivity contribution in [3.05, 3.63) is 36.0 Å². The minimum absolute atomic E-state index is 0.761. The van der Waals surface area contributed by atoms with E-state index >= 15 is 0 Å². The fourth-order valence-corrected chi connectivity index (χ4v) is 1.67. The summed E-state index contributed by atoms with van der Waals surface area (Å²) >= 11 is 0. The van der Waals surface area contributed by atoms with Crippen molar-refractivity contribution >= 4 is 5.82 Å². The third-order valence-electron chi connectivity index (χ3n) is 2.58. The lowest BCUT2D eigenvalue weighted by atomic mass is 10.2. The van der Waals surface area contributed by atoms with Crippen LogP contribution in [0.4, 0.5) is 5.82 Å². The summed E-state index contributed by atoms with van der Waals surface area (Å²) in [7, 11) is 1.95. The molecular weight excluding hydrogens is 186 g/mol. The van der Waals surface area contributed by atoms with E-state index in [0.29, 0.717) is 0 Å². The molecule has 0 bridgehead atoms. The Bertz CT molecular complexity index is 457. The summed E-state index contributed by atoms with van der Waals surface area (Å²) in [4.78, 5) is 4.54. The van der Waals surface area contributed by atoms with Crippen molar-refractivity contribution in [3.8, 4) is 11.4 Å². The zero-order valence-corrected chi connectivity index (χ0v) is 9.07. The highest BCUT2D eigenvalue weighted by Crippen LogP contribution is 2.22. The van der Waals surface area contributed by atoms with Crippen LogP contribution in [0.2, 0.25) is 0 Å². The Kier molecular flexibility index (Phi) is 2.46. The number of nitrogens with two attached hydrogens (primary N) is 1. The second-order valence-corrected chi connectivity index (χ2v) is 3.55. The lowest BCUT2D eigenvalue weighted by Crippen LogP contribution is -1.99. The average molecular weight is 201 g/mol. The molecule has 0 amide bonds. The molecule has 0 radical (unpaired) electrons. The zero-order chi connectivity index (χ0) is 10.8. The fraction of sp³-hybridized carbons (Fsp3) is 0.250. The summed E-state index contributed by atoms with van der Waals surface area (Å²) in [6, 6.07) is 10.1. The van der Waals surface area contributed by atoms with E-state index in [1.54, 1.807) is 0 Å². The first-order valence-electron chi connectivity index (χ1n) is 5.10. The second-order valence-electron chi connectivity index (χ2n) is 3.55. The van der Waals surface area contributed by atoms with Gasteiger partial charge in [0.25, 0.3) is 0 Å². The Morgan fingerprint density at radius 1 is 1.27 bits per heavy atom. The van der Waals surface area contributed by atoms with Gasteiger partial charge in [-0.1, -0.05) is 37.3 Å². The molecule has 1 aromatic heterocycles. The van der Waals surface area contributed by atoms with Crippen LogP contribution in [-0.4, -0.2) is 9.55 Å². The summed E-state index contributed by atoms with van der Waals surface area (Å²) in [5.74, 6) is 1.70. The first kappa shape index (κ1) is 9.77. The second kappa shape index (κ2) is 3.77. The van der Waals surface area contributed by atoms with Crippen molar-refractivity contribution in [3.63, 3.8) is 0 Å². The van der Waals surface area contributed by atoms with Gasteiger partial charge in [-0.3, -0.25) is 0 Å². The maximum atomic E-state index is 5.95. The van der Waals surface area contributed by atoms with Crippen LogP contribution in [-0.2, 0) is 13.5 Å². The minimum Gasteiger partial charge on any atom is -0.384 e. The topological polar surface area (TPSA) is 43.8 Å². The van der Waals surface area contributed by atoms with E-state index in [2.05, 4.69) is 11.9 Å². The third-order valence-corrected chi connectivity index (χ3v) is 2.58. The van der Waals surface area contributed by atoms with E-state index in [9.17, 15) is 0 Å². The summed E-state index contributed by atoms with van der Waals surface area (Å²) in [6.45, 7) is 2.06. The van der Waals surface area contributed by atoms with Crippen LogP contribution in [0.25, 0.3) is 11.4 Å². The standard InChI is InChI=1S/C12H15N3/c1-3-10-11(13)15(2)12(14-10)9-7-5-4-6-8-9/h4-8H,3,13H2,1-2H3. The van der Waals surface area contributed by atoms with Crippen LogP contribution >= 0.6 is 0 Å². The van der Waals surface area contributed by atoms with Crippen LogP contribution in [0.5, 0.6) is 0 Å². The van der Waals surface area contributed by atoms with E-state index in [0.717, 1.165) is 29.3 Å². The summed E-state index contributed by atoms with van der Waals surface area (Å²) in [5, 5.41) is 0. The number of imidazole rings is 1.